The summed E-state index contributed by atoms with van der Waals surface area (Å²) in [7, 11) is 0. The van der Waals surface area contributed by atoms with Gasteiger partial charge in [-0.3, -0.25) is 9.69 Å². The van der Waals surface area contributed by atoms with Crippen molar-refractivity contribution in [1.29, 1.82) is 5.26 Å². The van der Waals surface area contributed by atoms with Gasteiger partial charge in [0.15, 0.2) is 5.82 Å². The fourth-order valence-corrected chi connectivity index (χ4v) is 3.51. The number of benzene rings is 1. The molecular formula is C23H24N6O3. The summed E-state index contributed by atoms with van der Waals surface area (Å²) in [4.78, 5) is 19.0. The first-order chi connectivity index (χ1) is 15.7. The summed E-state index contributed by atoms with van der Waals surface area (Å²) >= 11 is 0. The van der Waals surface area contributed by atoms with Crippen LogP contribution in [0.5, 0.6) is 5.88 Å². The lowest BCUT2D eigenvalue weighted by atomic mass is 10.1. The Morgan fingerprint density at radius 3 is 2.62 bits per heavy atom. The smallest absolute Gasteiger partial charge is 0.252 e. The molecule has 3 aromatic rings. The third-order valence-corrected chi connectivity index (χ3v) is 5.34. The van der Waals surface area contributed by atoms with Gasteiger partial charge in [-0.05, 0) is 42.8 Å². The highest BCUT2D eigenvalue weighted by molar-refractivity contribution is 5.93. The number of carbonyl (C=O) groups is 1. The average molecular weight is 432 g/mol. The number of pyridine rings is 1. The molecule has 2 aromatic heterocycles. The maximum Gasteiger partial charge on any atom is 0.252 e. The second-order valence-corrected chi connectivity index (χ2v) is 7.45. The lowest BCUT2D eigenvalue weighted by molar-refractivity contribution is 0.0374. The summed E-state index contributed by atoms with van der Waals surface area (Å²) < 4.78 is 6.64. The van der Waals surface area contributed by atoms with Crippen molar-refractivity contribution in [2.75, 3.05) is 39.4 Å². The fraction of sp³-hybridized carbons (Fsp3) is 0.304. The van der Waals surface area contributed by atoms with Gasteiger partial charge in [-0.2, -0.15) is 15.0 Å². The van der Waals surface area contributed by atoms with Gasteiger partial charge in [-0.15, -0.1) is 0 Å². The third-order valence-electron chi connectivity index (χ3n) is 5.34. The second-order valence-electron chi connectivity index (χ2n) is 7.45. The molecule has 9 nitrogen and oxygen atoms in total. The van der Waals surface area contributed by atoms with E-state index >= 15 is 0 Å². The molecule has 9 heteroatoms. The summed E-state index contributed by atoms with van der Waals surface area (Å²) in [6.07, 6.45) is 3.87. The summed E-state index contributed by atoms with van der Waals surface area (Å²) in [5.74, 6) is 0.141. The van der Waals surface area contributed by atoms with Crippen molar-refractivity contribution in [2.45, 2.75) is 6.42 Å². The highest BCUT2D eigenvalue weighted by Gasteiger charge is 2.15. The van der Waals surface area contributed by atoms with Gasteiger partial charge in [0.1, 0.15) is 0 Å². The standard InChI is InChI=1S/C23H24N6O3/c24-14-17-2-4-18(5-3-17)20-16-27-29(23(20)31)21-7-6-19(15-26-21)22(30)25-8-1-9-28-10-12-32-13-11-28/h2-7,15-16,31H,1,8-13H2,(H,25,30). The Morgan fingerprint density at radius 2 is 1.94 bits per heavy atom. The van der Waals surface area contributed by atoms with Crippen molar-refractivity contribution in [3.8, 4) is 28.9 Å². The van der Waals surface area contributed by atoms with Crippen LogP contribution in [0.25, 0.3) is 16.9 Å². The van der Waals surface area contributed by atoms with E-state index in [2.05, 4.69) is 26.4 Å². The number of aromatic nitrogens is 3. The number of carbonyl (C=O) groups excluding carboxylic acids is 1. The predicted octanol–water partition coefficient (Wildman–Crippen LogP) is 1.96. The number of nitriles is 1. The third kappa shape index (κ3) is 4.94. The Morgan fingerprint density at radius 1 is 1.16 bits per heavy atom. The van der Waals surface area contributed by atoms with Crippen molar-refractivity contribution in [3.05, 3.63) is 59.9 Å². The number of nitrogens with one attached hydrogen (secondary N) is 1. The Bertz CT molecular complexity index is 1100. The SMILES string of the molecule is N#Cc1ccc(-c2cnn(-c3ccc(C(=O)NCCCN4CCOCC4)cn3)c2O)cc1. The maximum absolute atomic E-state index is 12.4. The molecule has 164 valence electrons. The van der Waals surface area contributed by atoms with Crippen LogP contribution in [0.1, 0.15) is 22.3 Å². The van der Waals surface area contributed by atoms with Crippen molar-refractivity contribution in [1.82, 2.24) is 25.0 Å². The van der Waals surface area contributed by atoms with Gasteiger partial charge >= 0.3 is 0 Å². The molecule has 1 saturated heterocycles. The first kappa shape index (κ1) is 21.5. The van der Waals surface area contributed by atoms with Crippen molar-refractivity contribution < 1.29 is 14.6 Å². The van der Waals surface area contributed by atoms with Crippen molar-refractivity contribution >= 4 is 5.91 Å². The molecule has 0 radical (unpaired) electrons. The first-order valence-electron chi connectivity index (χ1n) is 10.5. The zero-order valence-electron chi connectivity index (χ0n) is 17.6. The van der Waals surface area contributed by atoms with Crippen molar-refractivity contribution in [3.63, 3.8) is 0 Å². The van der Waals surface area contributed by atoms with Crippen molar-refractivity contribution in [2.24, 2.45) is 0 Å². The minimum Gasteiger partial charge on any atom is -0.493 e. The lowest BCUT2D eigenvalue weighted by Crippen LogP contribution is -2.38. The number of nitrogens with zero attached hydrogens (tertiary/aromatic N) is 5. The van der Waals surface area contributed by atoms with E-state index in [-0.39, 0.29) is 11.8 Å². The van der Waals surface area contributed by atoms with Crippen LogP contribution in [0.2, 0.25) is 0 Å². The first-order valence-corrected chi connectivity index (χ1v) is 10.5. The number of rotatable bonds is 7. The number of hydrogen-bond acceptors (Lipinski definition) is 7. The fourth-order valence-electron chi connectivity index (χ4n) is 3.51. The molecule has 0 atom stereocenters. The van der Waals surface area contributed by atoms with Crippen LogP contribution in [0.4, 0.5) is 0 Å². The Kier molecular flexibility index (Phi) is 6.75. The van der Waals surface area contributed by atoms with Crippen LogP contribution in [0, 0.1) is 11.3 Å². The van der Waals surface area contributed by atoms with Gasteiger partial charge in [0.05, 0.1) is 42.2 Å². The molecular weight excluding hydrogens is 408 g/mol. The highest BCUT2D eigenvalue weighted by Crippen LogP contribution is 2.30. The van der Waals surface area contributed by atoms with E-state index in [0.29, 0.717) is 29.1 Å². The number of aromatic hydroxyl groups is 1. The van der Waals surface area contributed by atoms with Gasteiger partial charge in [0, 0.05) is 25.8 Å². The van der Waals surface area contributed by atoms with E-state index in [1.54, 1.807) is 36.4 Å². The van der Waals surface area contributed by atoms with Gasteiger partial charge in [-0.1, -0.05) is 12.1 Å². The Hall–Kier alpha value is -3.74. The minimum atomic E-state index is -0.186. The van der Waals surface area contributed by atoms with Crippen LogP contribution in [-0.4, -0.2) is 70.1 Å². The number of ether oxygens (including phenoxy) is 1. The minimum absolute atomic E-state index is 0.0671. The van der Waals surface area contributed by atoms with Gasteiger partial charge in [-0.25, -0.2) is 4.98 Å². The second kappa shape index (κ2) is 10.0. The topological polar surface area (TPSA) is 116 Å². The van der Waals surface area contributed by atoms with Crippen LogP contribution < -0.4 is 5.32 Å². The molecule has 0 unspecified atom stereocenters. The molecule has 0 bridgehead atoms. The molecule has 0 saturated carbocycles. The van der Waals surface area contributed by atoms with E-state index in [9.17, 15) is 9.90 Å². The molecule has 0 aliphatic carbocycles. The largest absolute Gasteiger partial charge is 0.493 e. The van der Waals surface area contributed by atoms with Crippen LogP contribution in [0.3, 0.4) is 0 Å². The maximum atomic E-state index is 12.4. The summed E-state index contributed by atoms with van der Waals surface area (Å²) in [5, 5.41) is 26.6. The molecule has 4 rings (SSSR count). The van der Waals surface area contributed by atoms with Crippen LogP contribution >= 0.6 is 0 Å². The normalized spacial score (nSPS) is 14.1. The Balaban J connectivity index is 1.35. The van der Waals surface area contributed by atoms with E-state index in [1.165, 1.54) is 17.1 Å². The number of morpholine rings is 1. The number of hydrogen-bond donors (Lipinski definition) is 2. The zero-order valence-corrected chi connectivity index (χ0v) is 17.6. The molecule has 32 heavy (non-hydrogen) atoms. The Labute approximate surface area is 185 Å². The molecule has 2 N–H and O–H groups in total. The summed E-state index contributed by atoms with van der Waals surface area (Å²) in [6, 6.07) is 12.2. The monoisotopic (exact) mass is 432 g/mol. The highest BCUT2D eigenvalue weighted by atomic mass is 16.5. The molecule has 1 aliphatic heterocycles. The molecule has 1 aromatic carbocycles. The van der Waals surface area contributed by atoms with Crippen LogP contribution in [-0.2, 0) is 4.74 Å². The van der Waals surface area contributed by atoms with Gasteiger partial charge < -0.3 is 15.2 Å². The number of amides is 1. The quantitative estimate of drug-likeness (QED) is 0.548. The lowest BCUT2D eigenvalue weighted by Gasteiger charge is -2.26. The van der Waals surface area contributed by atoms with E-state index in [0.717, 1.165) is 44.8 Å². The van der Waals surface area contributed by atoms with Gasteiger partial charge in [0.2, 0.25) is 5.88 Å². The molecule has 3 heterocycles. The molecule has 1 aliphatic rings. The van der Waals surface area contributed by atoms with E-state index < -0.39 is 0 Å². The zero-order chi connectivity index (χ0) is 22.3. The van der Waals surface area contributed by atoms with Crippen LogP contribution in [0.15, 0.2) is 48.8 Å². The molecule has 0 spiro atoms. The molecule has 1 fully saturated rings. The summed E-state index contributed by atoms with van der Waals surface area (Å²) in [6.45, 7) is 4.93. The predicted molar refractivity (Wildman–Crippen MR) is 117 cm³/mol. The molecule has 1 amide bonds. The summed E-state index contributed by atoms with van der Waals surface area (Å²) in [5.41, 5.74) is 2.25. The van der Waals surface area contributed by atoms with E-state index in [1.807, 2.05) is 0 Å². The average Bonchev–Trinajstić information content (AvgIpc) is 3.23. The van der Waals surface area contributed by atoms with Gasteiger partial charge in [0.25, 0.3) is 5.91 Å². The van der Waals surface area contributed by atoms with E-state index in [4.69, 9.17) is 10.00 Å².